The van der Waals surface area contributed by atoms with Gasteiger partial charge in [-0.05, 0) is 37.5 Å². The number of rotatable bonds is 5. The molecule has 2 amide bonds. The Hall–Kier alpha value is -2.70. The minimum atomic E-state index is -0.866. The lowest BCUT2D eigenvalue weighted by Crippen LogP contribution is -2.29. The van der Waals surface area contributed by atoms with Crippen molar-refractivity contribution in [3.63, 3.8) is 0 Å². The van der Waals surface area contributed by atoms with Gasteiger partial charge in [0.15, 0.2) is 0 Å². The lowest BCUT2D eigenvalue weighted by molar-refractivity contribution is -0.133. The van der Waals surface area contributed by atoms with Gasteiger partial charge in [0.05, 0.1) is 17.6 Å². The fourth-order valence-corrected chi connectivity index (χ4v) is 2.11. The van der Waals surface area contributed by atoms with Crippen LogP contribution in [0.25, 0.3) is 0 Å². The van der Waals surface area contributed by atoms with Gasteiger partial charge in [-0.1, -0.05) is 19.9 Å². The fourth-order valence-electron chi connectivity index (χ4n) is 2.11. The number of amides is 2. The summed E-state index contributed by atoms with van der Waals surface area (Å²) in [6.07, 6.45) is 2.49. The van der Waals surface area contributed by atoms with Gasteiger partial charge in [-0.3, -0.25) is 14.3 Å². The van der Waals surface area contributed by atoms with Crippen LogP contribution in [0.3, 0.4) is 0 Å². The van der Waals surface area contributed by atoms with Gasteiger partial charge in [0.25, 0.3) is 0 Å². The smallest absolute Gasteiger partial charge is 0.314 e. The average Bonchev–Trinajstić information content (AvgIpc) is 2.85. The first kappa shape index (κ1) is 17.7. The monoisotopic (exact) mass is 332 g/mol. The summed E-state index contributed by atoms with van der Waals surface area (Å²) >= 11 is 0. The summed E-state index contributed by atoms with van der Waals surface area (Å²) in [6.45, 7) is 6.82. The highest BCUT2D eigenvalue weighted by molar-refractivity contribution is 6.43. The highest BCUT2D eigenvalue weighted by atomic mass is 19.1. The van der Waals surface area contributed by atoms with Crippen LogP contribution in [0, 0.1) is 18.7 Å². The van der Waals surface area contributed by atoms with Crippen molar-refractivity contribution in [1.29, 1.82) is 0 Å². The van der Waals surface area contributed by atoms with Crippen LogP contribution < -0.4 is 10.6 Å². The summed E-state index contributed by atoms with van der Waals surface area (Å²) in [7, 11) is 0. The first-order valence-electron chi connectivity index (χ1n) is 7.77. The average molecular weight is 332 g/mol. The summed E-state index contributed by atoms with van der Waals surface area (Å²) in [6, 6.07) is 5.35. The van der Waals surface area contributed by atoms with Crippen molar-refractivity contribution < 1.29 is 14.0 Å². The maximum Gasteiger partial charge on any atom is 0.314 e. The highest BCUT2D eigenvalue weighted by Crippen LogP contribution is 2.15. The number of aryl methyl sites for hydroxylation is 1. The van der Waals surface area contributed by atoms with E-state index in [2.05, 4.69) is 29.6 Å². The Balaban J connectivity index is 1.97. The van der Waals surface area contributed by atoms with Crippen LogP contribution in [0.1, 0.15) is 26.0 Å². The number of carbonyl (C=O) groups excluding carboxylic acids is 2. The van der Waals surface area contributed by atoms with Gasteiger partial charge in [-0.15, -0.1) is 0 Å². The minimum Gasteiger partial charge on any atom is -0.318 e. The molecule has 0 atom stereocenters. The molecule has 0 aliphatic heterocycles. The Morgan fingerprint density at radius 2 is 1.96 bits per heavy atom. The number of nitrogens with one attached hydrogen (secondary N) is 2. The Labute approximate surface area is 140 Å². The largest absolute Gasteiger partial charge is 0.318 e. The van der Waals surface area contributed by atoms with E-state index in [4.69, 9.17) is 0 Å². The molecule has 6 nitrogen and oxygen atoms in total. The van der Waals surface area contributed by atoms with E-state index < -0.39 is 17.6 Å². The van der Waals surface area contributed by atoms with E-state index in [0.29, 0.717) is 11.6 Å². The van der Waals surface area contributed by atoms with Crippen molar-refractivity contribution in [2.24, 2.45) is 5.92 Å². The van der Waals surface area contributed by atoms with Crippen LogP contribution in [0.2, 0.25) is 0 Å². The summed E-state index contributed by atoms with van der Waals surface area (Å²) in [5.41, 5.74) is 1.49. The standard InChI is InChI=1S/C17H21FN4O2/c1-11(2)7-8-22-12(3)15(10-19-22)21-17(24)16(23)20-14-6-4-5-13(18)9-14/h4-6,9-11H,7-8H2,1-3H3,(H,20,23)(H,21,24). The molecule has 24 heavy (non-hydrogen) atoms. The van der Waals surface area contributed by atoms with Crippen molar-refractivity contribution in [3.05, 3.63) is 42.0 Å². The molecule has 2 N–H and O–H groups in total. The predicted octanol–water partition coefficient (Wildman–Crippen LogP) is 2.95. The number of anilines is 2. The minimum absolute atomic E-state index is 0.222. The molecule has 0 fully saturated rings. The van der Waals surface area contributed by atoms with Gasteiger partial charge in [0, 0.05) is 12.2 Å². The van der Waals surface area contributed by atoms with E-state index in [1.807, 2.05) is 6.92 Å². The van der Waals surface area contributed by atoms with Crippen LogP contribution in [0.4, 0.5) is 15.8 Å². The molecule has 1 aromatic heterocycles. The Morgan fingerprint density at radius 1 is 1.25 bits per heavy atom. The van der Waals surface area contributed by atoms with Gasteiger partial charge >= 0.3 is 11.8 Å². The maximum atomic E-state index is 13.1. The molecule has 0 saturated heterocycles. The third-order valence-electron chi connectivity index (χ3n) is 3.56. The zero-order valence-corrected chi connectivity index (χ0v) is 14.0. The van der Waals surface area contributed by atoms with Gasteiger partial charge in [-0.25, -0.2) is 4.39 Å². The van der Waals surface area contributed by atoms with Crippen molar-refractivity contribution in [2.75, 3.05) is 10.6 Å². The van der Waals surface area contributed by atoms with Gasteiger partial charge in [-0.2, -0.15) is 5.10 Å². The molecule has 0 bridgehead atoms. The molecule has 1 aromatic carbocycles. The van der Waals surface area contributed by atoms with E-state index in [-0.39, 0.29) is 5.69 Å². The molecular weight excluding hydrogens is 311 g/mol. The number of hydrogen-bond acceptors (Lipinski definition) is 3. The van der Waals surface area contributed by atoms with E-state index in [1.54, 1.807) is 4.68 Å². The third kappa shape index (κ3) is 4.65. The van der Waals surface area contributed by atoms with Gasteiger partial charge < -0.3 is 10.6 Å². The second-order valence-corrected chi connectivity index (χ2v) is 5.97. The summed E-state index contributed by atoms with van der Waals surface area (Å²) in [5.74, 6) is -1.64. The van der Waals surface area contributed by atoms with E-state index >= 15 is 0 Å². The molecule has 1 heterocycles. The van der Waals surface area contributed by atoms with Crippen LogP contribution in [0.5, 0.6) is 0 Å². The number of aromatic nitrogens is 2. The molecule has 2 aromatic rings. The zero-order valence-electron chi connectivity index (χ0n) is 14.0. The molecule has 0 saturated carbocycles. The molecule has 0 aliphatic rings. The molecule has 128 valence electrons. The first-order valence-corrected chi connectivity index (χ1v) is 7.77. The van der Waals surface area contributed by atoms with Gasteiger partial charge in [0.2, 0.25) is 0 Å². The second kappa shape index (κ2) is 7.72. The molecule has 0 radical (unpaired) electrons. The van der Waals surface area contributed by atoms with Crippen molar-refractivity contribution >= 4 is 23.2 Å². The van der Waals surface area contributed by atoms with Crippen LogP contribution in [0.15, 0.2) is 30.5 Å². The maximum absolute atomic E-state index is 13.1. The van der Waals surface area contributed by atoms with Crippen LogP contribution >= 0.6 is 0 Å². The topological polar surface area (TPSA) is 76.0 Å². The second-order valence-electron chi connectivity index (χ2n) is 5.97. The fraction of sp³-hybridized carbons (Fsp3) is 0.353. The van der Waals surface area contributed by atoms with E-state index in [1.165, 1.54) is 24.4 Å². The molecule has 7 heteroatoms. The number of benzene rings is 1. The predicted molar refractivity (Wildman–Crippen MR) is 90.1 cm³/mol. The lowest BCUT2D eigenvalue weighted by atomic mass is 10.1. The molecule has 0 spiro atoms. The first-order chi connectivity index (χ1) is 11.4. The number of carbonyl (C=O) groups is 2. The third-order valence-corrected chi connectivity index (χ3v) is 3.56. The summed E-state index contributed by atoms with van der Waals surface area (Å²) in [5, 5.41) is 9.09. The number of halogens is 1. The normalized spacial score (nSPS) is 10.7. The van der Waals surface area contributed by atoms with Crippen molar-refractivity contribution in [2.45, 2.75) is 33.7 Å². The summed E-state index contributed by atoms with van der Waals surface area (Å²) < 4.78 is 14.9. The van der Waals surface area contributed by atoms with E-state index in [9.17, 15) is 14.0 Å². The Kier molecular flexibility index (Phi) is 5.68. The number of hydrogen-bond donors (Lipinski definition) is 2. The quantitative estimate of drug-likeness (QED) is 0.827. The Morgan fingerprint density at radius 3 is 2.62 bits per heavy atom. The zero-order chi connectivity index (χ0) is 17.7. The molecule has 0 aliphatic carbocycles. The van der Waals surface area contributed by atoms with Crippen LogP contribution in [-0.4, -0.2) is 21.6 Å². The van der Waals surface area contributed by atoms with Gasteiger partial charge in [0.1, 0.15) is 5.82 Å². The molecule has 2 rings (SSSR count). The highest BCUT2D eigenvalue weighted by Gasteiger charge is 2.17. The molecule has 0 unspecified atom stereocenters. The van der Waals surface area contributed by atoms with Crippen molar-refractivity contribution in [1.82, 2.24) is 9.78 Å². The number of nitrogens with zero attached hydrogens (tertiary/aromatic N) is 2. The van der Waals surface area contributed by atoms with Crippen LogP contribution in [-0.2, 0) is 16.1 Å². The SMILES string of the molecule is Cc1c(NC(=O)C(=O)Nc2cccc(F)c2)cnn1CCC(C)C. The molecular formula is C17H21FN4O2. The van der Waals surface area contributed by atoms with E-state index in [0.717, 1.165) is 24.7 Å². The lowest BCUT2D eigenvalue weighted by Gasteiger charge is -2.08. The Bertz CT molecular complexity index is 740. The summed E-state index contributed by atoms with van der Waals surface area (Å²) in [4.78, 5) is 23.9. The van der Waals surface area contributed by atoms with Crippen molar-refractivity contribution in [3.8, 4) is 0 Å².